The summed E-state index contributed by atoms with van der Waals surface area (Å²) in [5.41, 5.74) is 2.69. The minimum absolute atomic E-state index is 0.111. The number of benzene rings is 2. The molecule has 0 aliphatic heterocycles. The third kappa shape index (κ3) is 6.15. The molecule has 0 fully saturated rings. The Hall–Kier alpha value is -3.20. The van der Waals surface area contributed by atoms with E-state index in [2.05, 4.69) is 15.3 Å². The summed E-state index contributed by atoms with van der Waals surface area (Å²) in [6.07, 6.45) is 1.36. The van der Waals surface area contributed by atoms with Crippen molar-refractivity contribution in [2.45, 2.75) is 6.92 Å². The lowest BCUT2D eigenvalue weighted by Crippen LogP contribution is -2.19. The van der Waals surface area contributed by atoms with Crippen LogP contribution in [0, 0.1) is 20.7 Å². The molecular formula is C20H17FIN3O5. The van der Waals surface area contributed by atoms with E-state index in [4.69, 9.17) is 14.7 Å². The summed E-state index contributed by atoms with van der Waals surface area (Å²) in [6.45, 7) is 1.89. The molecule has 0 aliphatic rings. The number of nitrogens with one attached hydrogen (secondary N) is 1. The van der Waals surface area contributed by atoms with Crippen LogP contribution < -0.4 is 14.9 Å². The van der Waals surface area contributed by atoms with Gasteiger partial charge in [0.25, 0.3) is 5.91 Å². The first kappa shape index (κ1) is 23.1. The van der Waals surface area contributed by atoms with E-state index in [9.17, 15) is 14.0 Å². The molecule has 10 heteroatoms. The second kappa shape index (κ2) is 11.1. The summed E-state index contributed by atoms with van der Waals surface area (Å²) in [5, 5.41) is 12.6. The summed E-state index contributed by atoms with van der Waals surface area (Å²) in [4.78, 5) is 23.4. The zero-order valence-corrected chi connectivity index (χ0v) is 18.2. The van der Waals surface area contributed by atoms with E-state index in [0.29, 0.717) is 27.2 Å². The molecule has 0 unspecified atom stereocenters. The molecule has 0 radical (unpaired) electrons. The fourth-order valence-corrected chi connectivity index (χ4v) is 3.03. The number of methoxy groups -OCH3 is 1. The molecule has 1 N–H and O–H groups in total. The molecule has 0 heterocycles. The third-order valence-electron chi connectivity index (χ3n) is 3.62. The molecule has 0 aliphatic carbocycles. The molecule has 0 saturated heterocycles. The average Bonchev–Trinajstić information content (AvgIpc) is 2.72. The Bertz CT molecular complexity index is 1020. The Morgan fingerprint density at radius 1 is 1.30 bits per heavy atom. The molecule has 2 aromatic rings. The Morgan fingerprint density at radius 3 is 2.70 bits per heavy atom. The van der Waals surface area contributed by atoms with Crippen molar-refractivity contribution in [3.63, 3.8) is 0 Å². The highest BCUT2D eigenvalue weighted by atomic mass is 127. The van der Waals surface area contributed by atoms with Gasteiger partial charge in [0.1, 0.15) is 5.82 Å². The minimum atomic E-state index is -0.818. The van der Waals surface area contributed by atoms with Gasteiger partial charge in [0, 0.05) is 0 Å². The van der Waals surface area contributed by atoms with Crippen LogP contribution in [0.15, 0.2) is 35.4 Å². The first-order chi connectivity index (χ1) is 14.4. The zero-order valence-electron chi connectivity index (χ0n) is 16.1. The zero-order chi connectivity index (χ0) is 22.1. The van der Waals surface area contributed by atoms with Crippen molar-refractivity contribution in [2.75, 3.05) is 20.3 Å². The van der Waals surface area contributed by atoms with Gasteiger partial charge in [-0.15, -0.1) is 0 Å². The van der Waals surface area contributed by atoms with E-state index >= 15 is 0 Å². The van der Waals surface area contributed by atoms with Crippen molar-refractivity contribution >= 4 is 40.7 Å². The predicted molar refractivity (Wildman–Crippen MR) is 114 cm³/mol. The van der Waals surface area contributed by atoms with Crippen LogP contribution in [-0.2, 0) is 9.53 Å². The first-order valence-corrected chi connectivity index (χ1v) is 9.66. The predicted octanol–water partition coefficient (Wildman–Crippen LogP) is 3.02. The van der Waals surface area contributed by atoms with E-state index in [1.807, 2.05) is 22.6 Å². The van der Waals surface area contributed by atoms with Gasteiger partial charge in [-0.1, -0.05) is 0 Å². The van der Waals surface area contributed by atoms with Crippen molar-refractivity contribution in [3.8, 4) is 17.6 Å². The number of halogens is 2. The smallest absolute Gasteiger partial charge is 0.343 e. The molecule has 2 aromatic carbocycles. The lowest BCUT2D eigenvalue weighted by Gasteiger charge is -2.14. The number of hydrogen-bond donors (Lipinski definition) is 1. The summed E-state index contributed by atoms with van der Waals surface area (Å²) in [5.74, 6) is -1.34. The molecule has 0 bridgehead atoms. The van der Waals surface area contributed by atoms with Gasteiger partial charge >= 0.3 is 5.97 Å². The molecule has 0 spiro atoms. The van der Waals surface area contributed by atoms with Crippen molar-refractivity contribution in [3.05, 3.63) is 56.4 Å². The Balaban J connectivity index is 2.15. The average molecular weight is 525 g/mol. The van der Waals surface area contributed by atoms with Crippen LogP contribution in [0.3, 0.4) is 0 Å². The van der Waals surface area contributed by atoms with Gasteiger partial charge in [0.15, 0.2) is 18.1 Å². The van der Waals surface area contributed by atoms with Crippen molar-refractivity contribution in [1.82, 2.24) is 5.43 Å². The maximum absolute atomic E-state index is 13.9. The van der Waals surface area contributed by atoms with Gasteiger partial charge < -0.3 is 14.2 Å². The lowest BCUT2D eigenvalue weighted by atomic mass is 10.1. The number of rotatable bonds is 8. The van der Waals surface area contributed by atoms with Crippen molar-refractivity contribution in [1.29, 1.82) is 5.26 Å². The van der Waals surface area contributed by atoms with Crippen LogP contribution in [0.5, 0.6) is 11.5 Å². The SMILES string of the molecule is CCOc1cc(/C=N\NC(=O)c2ccc(C#N)cc2F)cc(I)c1OCC(=O)OC. The van der Waals surface area contributed by atoms with Crippen LogP contribution >= 0.6 is 22.6 Å². The summed E-state index contributed by atoms with van der Waals surface area (Å²) >= 11 is 2.01. The molecule has 0 atom stereocenters. The number of carbonyl (C=O) groups is 2. The maximum atomic E-state index is 13.9. The minimum Gasteiger partial charge on any atom is -0.490 e. The van der Waals surface area contributed by atoms with E-state index in [-0.39, 0.29) is 17.7 Å². The number of esters is 1. The Labute approximate surface area is 185 Å². The Morgan fingerprint density at radius 2 is 2.07 bits per heavy atom. The van der Waals surface area contributed by atoms with E-state index in [1.165, 1.54) is 25.5 Å². The van der Waals surface area contributed by atoms with Crippen LogP contribution in [0.2, 0.25) is 0 Å². The number of hydrogen-bond acceptors (Lipinski definition) is 7. The number of hydrazone groups is 1. The van der Waals surface area contributed by atoms with Crippen LogP contribution in [0.4, 0.5) is 4.39 Å². The number of ether oxygens (including phenoxy) is 3. The van der Waals surface area contributed by atoms with Gasteiger partial charge in [-0.05, 0) is 65.4 Å². The number of nitrogens with zero attached hydrogens (tertiary/aromatic N) is 2. The molecule has 0 aromatic heterocycles. The number of nitriles is 1. The van der Waals surface area contributed by atoms with Gasteiger partial charge in [-0.25, -0.2) is 14.6 Å². The largest absolute Gasteiger partial charge is 0.490 e. The van der Waals surface area contributed by atoms with E-state index in [1.54, 1.807) is 25.1 Å². The highest BCUT2D eigenvalue weighted by Gasteiger charge is 2.14. The summed E-state index contributed by atoms with van der Waals surface area (Å²) in [6, 6.07) is 8.64. The molecule has 2 rings (SSSR count). The summed E-state index contributed by atoms with van der Waals surface area (Å²) in [7, 11) is 1.26. The standard InChI is InChI=1S/C20H17FIN3O5/c1-3-29-17-8-13(7-16(22)19(17)30-11-18(26)28-2)10-24-25-20(27)14-5-4-12(9-23)6-15(14)21/h4-8,10H,3,11H2,1-2H3,(H,25,27)/b24-10-. The van der Waals surface area contributed by atoms with Crippen LogP contribution in [0.1, 0.15) is 28.4 Å². The molecule has 30 heavy (non-hydrogen) atoms. The Kier molecular flexibility index (Phi) is 8.54. The number of carbonyl (C=O) groups excluding carboxylic acids is 2. The van der Waals surface area contributed by atoms with Gasteiger partial charge in [-0.2, -0.15) is 10.4 Å². The van der Waals surface area contributed by atoms with Crippen LogP contribution in [0.25, 0.3) is 0 Å². The fourth-order valence-electron chi connectivity index (χ4n) is 2.25. The number of amides is 1. The van der Waals surface area contributed by atoms with Crippen molar-refractivity contribution < 1.29 is 28.2 Å². The maximum Gasteiger partial charge on any atom is 0.343 e. The van der Waals surface area contributed by atoms with E-state index < -0.39 is 17.7 Å². The molecule has 8 nitrogen and oxygen atoms in total. The van der Waals surface area contributed by atoms with Gasteiger partial charge in [0.05, 0.1) is 40.7 Å². The second-order valence-corrected chi connectivity index (χ2v) is 6.80. The fraction of sp³-hybridized carbons (Fsp3) is 0.200. The van der Waals surface area contributed by atoms with Crippen molar-refractivity contribution in [2.24, 2.45) is 5.10 Å². The highest BCUT2D eigenvalue weighted by Crippen LogP contribution is 2.34. The quantitative estimate of drug-likeness (QED) is 0.246. The monoisotopic (exact) mass is 525 g/mol. The topological polar surface area (TPSA) is 110 Å². The first-order valence-electron chi connectivity index (χ1n) is 8.58. The highest BCUT2D eigenvalue weighted by molar-refractivity contribution is 14.1. The summed E-state index contributed by atoms with van der Waals surface area (Å²) < 4.78 is 30.1. The van der Waals surface area contributed by atoms with E-state index in [0.717, 1.165) is 6.07 Å². The molecule has 0 saturated carbocycles. The third-order valence-corrected chi connectivity index (χ3v) is 4.42. The van der Waals surface area contributed by atoms with Gasteiger partial charge in [0.2, 0.25) is 0 Å². The second-order valence-electron chi connectivity index (χ2n) is 5.63. The molecule has 156 valence electrons. The molecule has 1 amide bonds. The molecular weight excluding hydrogens is 508 g/mol. The lowest BCUT2D eigenvalue weighted by molar-refractivity contribution is -0.142. The van der Waals surface area contributed by atoms with Gasteiger partial charge in [-0.3, -0.25) is 4.79 Å². The van der Waals surface area contributed by atoms with Crippen LogP contribution in [-0.4, -0.2) is 38.4 Å². The normalized spacial score (nSPS) is 10.4.